The van der Waals surface area contributed by atoms with Crippen LogP contribution in [0.5, 0.6) is 0 Å². The van der Waals surface area contributed by atoms with Crippen LogP contribution in [0.3, 0.4) is 0 Å². The predicted octanol–water partition coefficient (Wildman–Crippen LogP) is 3.55. The topological polar surface area (TPSA) is 92.8 Å². The lowest BCUT2D eigenvalue weighted by molar-refractivity contribution is -0.160. The zero-order chi connectivity index (χ0) is 24.7. The van der Waals surface area contributed by atoms with Crippen molar-refractivity contribution >= 4 is 41.0 Å². The average molecular weight is 493 g/mol. The Morgan fingerprint density at radius 1 is 1.03 bits per heavy atom. The predicted molar refractivity (Wildman–Crippen MR) is 129 cm³/mol. The molecule has 5 atom stereocenters. The summed E-state index contributed by atoms with van der Waals surface area (Å²) in [4.78, 5) is 53.5. The van der Waals surface area contributed by atoms with E-state index in [1.54, 1.807) is 25.1 Å². The largest absolute Gasteiger partial charge is 0.454 e. The maximum Gasteiger partial charge on any atom is 0.330 e. The van der Waals surface area contributed by atoms with Crippen LogP contribution in [0.1, 0.15) is 17.5 Å². The smallest absolute Gasteiger partial charge is 0.330 e. The van der Waals surface area contributed by atoms with E-state index in [2.05, 4.69) is 5.32 Å². The highest BCUT2D eigenvalue weighted by Gasteiger charge is 2.61. The van der Waals surface area contributed by atoms with Gasteiger partial charge in [0, 0.05) is 17.1 Å². The molecule has 180 valence electrons. The molecule has 0 radical (unpaired) electrons. The summed E-state index contributed by atoms with van der Waals surface area (Å²) in [7, 11) is 0. The number of nitrogens with zero attached hydrogens (tertiary/aromatic N) is 1. The number of ether oxygens (including phenoxy) is 1. The van der Waals surface area contributed by atoms with Gasteiger partial charge in [-0.25, -0.2) is 4.79 Å². The van der Waals surface area contributed by atoms with E-state index in [0.29, 0.717) is 16.3 Å². The van der Waals surface area contributed by atoms with Crippen LogP contribution in [-0.2, 0) is 30.3 Å². The summed E-state index contributed by atoms with van der Waals surface area (Å²) in [6.45, 7) is 1.22. The van der Waals surface area contributed by atoms with E-state index < -0.39 is 36.4 Å². The first kappa shape index (κ1) is 23.3. The van der Waals surface area contributed by atoms with E-state index in [9.17, 15) is 19.2 Å². The third-order valence-corrected chi connectivity index (χ3v) is 7.66. The minimum absolute atomic E-state index is 0.0339. The normalized spacial score (nSPS) is 25.0. The molecule has 2 aromatic rings. The minimum Gasteiger partial charge on any atom is -0.454 e. The summed E-state index contributed by atoms with van der Waals surface area (Å²) in [6.07, 6.45) is 4.94. The van der Waals surface area contributed by atoms with Gasteiger partial charge in [0.15, 0.2) is 6.61 Å². The van der Waals surface area contributed by atoms with Gasteiger partial charge in [-0.05, 0) is 48.4 Å². The number of hydrogen-bond donors (Lipinski definition) is 1. The van der Waals surface area contributed by atoms with Crippen LogP contribution < -0.4 is 5.32 Å². The van der Waals surface area contributed by atoms with Crippen LogP contribution in [0.25, 0.3) is 0 Å². The number of carbonyl (C=O) groups excluding carboxylic acids is 4. The van der Waals surface area contributed by atoms with Gasteiger partial charge in [0.1, 0.15) is 6.04 Å². The Morgan fingerprint density at radius 3 is 2.34 bits per heavy atom. The highest BCUT2D eigenvalue weighted by atomic mass is 35.5. The molecule has 35 heavy (non-hydrogen) atoms. The van der Waals surface area contributed by atoms with E-state index in [1.165, 1.54) is 0 Å². The number of anilines is 1. The second kappa shape index (κ2) is 9.30. The van der Waals surface area contributed by atoms with Crippen molar-refractivity contribution in [1.29, 1.82) is 0 Å². The number of halogens is 1. The molecule has 3 aliphatic rings. The molecule has 1 aliphatic heterocycles. The Morgan fingerprint density at radius 2 is 1.69 bits per heavy atom. The highest BCUT2D eigenvalue weighted by Crippen LogP contribution is 2.53. The Labute approximate surface area is 208 Å². The molecule has 1 saturated heterocycles. The van der Waals surface area contributed by atoms with E-state index >= 15 is 0 Å². The van der Waals surface area contributed by atoms with Gasteiger partial charge in [0.05, 0.1) is 11.8 Å². The molecular formula is C27H25ClN2O5. The Kier molecular flexibility index (Phi) is 6.19. The lowest BCUT2D eigenvalue weighted by atomic mass is 9.85. The maximum atomic E-state index is 13.3. The fourth-order valence-electron chi connectivity index (χ4n) is 5.51. The molecule has 2 bridgehead atoms. The van der Waals surface area contributed by atoms with Gasteiger partial charge in [-0.2, -0.15) is 0 Å². The molecule has 1 saturated carbocycles. The Balaban J connectivity index is 1.32. The molecular weight excluding hydrogens is 468 g/mol. The van der Waals surface area contributed by atoms with Crippen LogP contribution in [-0.4, -0.2) is 41.2 Å². The lowest BCUT2D eigenvalue weighted by Gasteiger charge is -2.26. The first-order valence-corrected chi connectivity index (χ1v) is 12.0. The zero-order valence-electron chi connectivity index (χ0n) is 19.1. The monoisotopic (exact) mass is 492 g/mol. The summed E-state index contributed by atoms with van der Waals surface area (Å²) in [5.41, 5.74) is 1.99. The van der Waals surface area contributed by atoms with Crippen molar-refractivity contribution in [3.8, 4) is 0 Å². The summed E-state index contributed by atoms with van der Waals surface area (Å²) in [5.74, 6) is -2.75. The second-order valence-electron chi connectivity index (χ2n) is 9.32. The maximum absolute atomic E-state index is 13.3. The number of imide groups is 1. The van der Waals surface area contributed by atoms with E-state index in [1.807, 2.05) is 42.5 Å². The SMILES string of the molecule is Cc1c(Cl)cccc1NC(=O)COC(=O)[C@H](Cc1ccccc1)N1C(=O)[C@@H]2[C@@H](C1=O)[C@H]1C=C[C@H]2C1. The van der Waals surface area contributed by atoms with Crippen molar-refractivity contribution in [2.24, 2.45) is 23.7 Å². The van der Waals surface area contributed by atoms with Gasteiger partial charge >= 0.3 is 5.97 Å². The quantitative estimate of drug-likeness (QED) is 0.362. The van der Waals surface area contributed by atoms with Crippen molar-refractivity contribution in [3.63, 3.8) is 0 Å². The average Bonchev–Trinajstić information content (AvgIpc) is 3.53. The van der Waals surface area contributed by atoms with Crippen molar-refractivity contribution in [2.45, 2.75) is 25.8 Å². The molecule has 2 aliphatic carbocycles. The molecule has 0 spiro atoms. The number of carbonyl (C=O) groups is 4. The van der Waals surface area contributed by atoms with Crippen molar-refractivity contribution < 1.29 is 23.9 Å². The van der Waals surface area contributed by atoms with Crippen LogP contribution in [0, 0.1) is 30.6 Å². The molecule has 0 aromatic heterocycles. The lowest BCUT2D eigenvalue weighted by Crippen LogP contribution is -2.48. The summed E-state index contributed by atoms with van der Waals surface area (Å²) >= 11 is 6.10. The van der Waals surface area contributed by atoms with Gasteiger partial charge in [-0.15, -0.1) is 0 Å². The third kappa shape index (κ3) is 4.25. The van der Waals surface area contributed by atoms with Gasteiger partial charge in [0.25, 0.3) is 5.91 Å². The Bertz CT molecular complexity index is 1200. The van der Waals surface area contributed by atoms with Crippen molar-refractivity contribution in [1.82, 2.24) is 4.90 Å². The molecule has 5 rings (SSSR count). The molecule has 8 heteroatoms. The summed E-state index contributed by atoms with van der Waals surface area (Å²) in [5, 5.41) is 3.18. The number of hydrogen-bond acceptors (Lipinski definition) is 5. The summed E-state index contributed by atoms with van der Waals surface area (Å²) in [6, 6.07) is 13.1. The number of allylic oxidation sites excluding steroid dienone is 2. The number of likely N-dealkylation sites (tertiary alicyclic amines) is 1. The van der Waals surface area contributed by atoms with E-state index in [-0.39, 0.29) is 30.1 Å². The number of rotatable bonds is 7. The van der Waals surface area contributed by atoms with Crippen LogP contribution in [0.4, 0.5) is 5.69 Å². The second-order valence-corrected chi connectivity index (χ2v) is 9.73. The fourth-order valence-corrected chi connectivity index (χ4v) is 5.69. The van der Waals surface area contributed by atoms with E-state index in [4.69, 9.17) is 16.3 Å². The van der Waals surface area contributed by atoms with Crippen molar-refractivity contribution in [3.05, 3.63) is 76.8 Å². The number of esters is 1. The number of fused-ring (bicyclic) bond motifs is 5. The Hall–Kier alpha value is -3.45. The van der Waals surface area contributed by atoms with Gasteiger partial charge in [0.2, 0.25) is 11.8 Å². The molecule has 1 N–H and O–H groups in total. The van der Waals surface area contributed by atoms with Crippen LogP contribution in [0.2, 0.25) is 5.02 Å². The third-order valence-electron chi connectivity index (χ3n) is 7.25. The molecule has 2 fully saturated rings. The molecule has 1 heterocycles. The summed E-state index contributed by atoms with van der Waals surface area (Å²) < 4.78 is 5.34. The number of nitrogens with one attached hydrogen (secondary N) is 1. The van der Waals surface area contributed by atoms with Gasteiger partial charge in [-0.3, -0.25) is 19.3 Å². The van der Waals surface area contributed by atoms with Gasteiger partial charge in [-0.1, -0.05) is 60.2 Å². The highest BCUT2D eigenvalue weighted by molar-refractivity contribution is 6.31. The van der Waals surface area contributed by atoms with Crippen LogP contribution >= 0.6 is 11.6 Å². The van der Waals surface area contributed by atoms with Crippen LogP contribution in [0.15, 0.2) is 60.7 Å². The fraction of sp³-hybridized carbons (Fsp3) is 0.333. The van der Waals surface area contributed by atoms with Gasteiger partial charge < -0.3 is 10.1 Å². The first-order valence-electron chi connectivity index (χ1n) is 11.7. The number of benzene rings is 2. The zero-order valence-corrected chi connectivity index (χ0v) is 19.9. The number of amides is 3. The molecule has 0 unspecified atom stereocenters. The first-order chi connectivity index (χ1) is 16.8. The molecule has 7 nitrogen and oxygen atoms in total. The molecule has 3 amide bonds. The van der Waals surface area contributed by atoms with E-state index in [0.717, 1.165) is 16.9 Å². The standard InChI is InChI=1S/C27H25ClN2O5/c1-15-19(28)8-5-9-20(15)29-22(31)14-35-27(34)21(12-16-6-3-2-4-7-16)30-25(32)23-17-10-11-18(13-17)24(23)26(30)33/h2-11,17-18,21,23-24H,12-14H2,1H3,(H,29,31)/t17-,18-,21-,23-,24-/m0/s1. The van der Waals surface area contributed by atoms with Crippen molar-refractivity contribution in [2.75, 3.05) is 11.9 Å². The molecule has 2 aromatic carbocycles. The minimum atomic E-state index is -1.14.